The van der Waals surface area contributed by atoms with Gasteiger partial charge in [-0.1, -0.05) is 30.3 Å². The molecule has 0 saturated carbocycles. The Kier molecular flexibility index (Phi) is 4.20. The Morgan fingerprint density at radius 2 is 2.24 bits per heavy atom. The Morgan fingerprint density at radius 3 is 3.10 bits per heavy atom. The lowest BCUT2D eigenvalue weighted by molar-refractivity contribution is 0.253. The van der Waals surface area contributed by atoms with Crippen LogP contribution in [0.25, 0.3) is 0 Å². The zero-order chi connectivity index (χ0) is 14.7. The average Bonchev–Trinajstić information content (AvgIpc) is 2.95. The molecule has 0 amide bonds. The van der Waals surface area contributed by atoms with Crippen molar-refractivity contribution in [3.63, 3.8) is 0 Å². The maximum absolute atomic E-state index is 5.79. The Bertz CT molecular complexity index is 597. The zero-order valence-electron chi connectivity index (χ0n) is 12.5. The first-order valence-electron chi connectivity index (χ1n) is 7.52. The minimum atomic E-state index is 0.173. The van der Waals surface area contributed by atoms with Gasteiger partial charge >= 0.3 is 0 Å². The third-order valence-corrected chi connectivity index (χ3v) is 3.76. The first kappa shape index (κ1) is 14.1. The maximum atomic E-state index is 5.79. The number of hydrogen-bond donors (Lipinski definition) is 1. The summed E-state index contributed by atoms with van der Waals surface area (Å²) < 4.78 is 11.2. The summed E-state index contributed by atoms with van der Waals surface area (Å²) in [5, 5.41) is 7.48. The molecule has 1 aromatic carbocycles. The third kappa shape index (κ3) is 3.24. The maximum Gasteiger partial charge on any atom is 0.228 e. The van der Waals surface area contributed by atoms with E-state index in [-0.39, 0.29) is 5.92 Å². The van der Waals surface area contributed by atoms with Gasteiger partial charge in [-0.15, -0.1) is 0 Å². The van der Waals surface area contributed by atoms with Gasteiger partial charge in [0.25, 0.3) is 0 Å². The summed E-state index contributed by atoms with van der Waals surface area (Å²) in [6.45, 7) is 5.76. The van der Waals surface area contributed by atoms with Gasteiger partial charge in [0.15, 0.2) is 5.82 Å². The number of benzene rings is 1. The van der Waals surface area contributed by atoms with Crippen LogP contribution < -0.4 is 10.1 Å². The number of fused-ring (bicyclic) bond motifs is 1. The summed E-state index contributed by atoms with van der Waals surface area (Å²) >= 11 is 0. The molecule has 2 atom stereocenters. The fourth-order valence-corrected chi connectivity index (χ4v) is 2.69. The number of aromatic nitrogens is 2. The van der Waals surface area contributed by atoms with E-state index in [4.69, 9.17) is 9.26 Å². The molecule has 0 bridgehead atoms. The van der Waals surface area contributed by atoms with Crippen molar-refractivity contribution in [2.75, 3.05) is 13.2 Å². The number of nitrogens with zero attached hydrogens (tertiary/aromatic N) is 2. The summed E-state index contributed by atoms with van der Waals surface area (Å²) in [6.07, 6.45) is 1.66. The number of para-hydroxylation sites is 1. The summed E-state index contributed by atoms with van der Waals surface area (Å²) in [5.74, 6) is 2.59. The molecule has 1 aromatic heterocycles. The Hall–Kier alpha value is -1.88. The van der Waals surface area contributed by atoms with E-state index in [0.29, 0.717) is 18.5 Å². The van der Waals surface area contributed by atoms with Crippen LogP contribution in [-0.4, -0.2) is 29.3 Å². The van der Waals surface area contributed by atoms with Crippen molar-refractivity contribution < 1.29 is 9.26 Å². The van der Waals surface area contributed by atoms with E-state index in [1.54, 1.807) is 0 Å². The number of nitrogens with one attached hydrogen (secondary N) is 1. The second-order valence-electron chi connectivity index (χ2n) is 5.53. The lowest BCUT2D eigenvalue weighted by Crippen LogP contribution is -2.27. The van der Waals surface area contributed by atoms with Crippen LogP contribution in [0.3, 0.4) is 0 Å². The van der Waals surface area contributed by atoms with Gasteiger partial charge < -0.3 is 14.6 Å². The van der Waals surface area contributed by atoms with Gasteiger partial charge in [-0.05, 0) is 31.5 Å². The van der Waals surface area contributed by atoms with E-state index in [2.05, 4.69) is 35.4 Å². The van der Waals surface area contributed by atoms with Crippen molar-refractivity contribution in [3.8, 4) is 5.75 Å². The number of likely N-dealkylation sites (N-methyl/N-ethyl adjacent to an activating group) is 1. The van der Waals surface area contributed by atoms with Gasteiger partial charge in [-0.2, -0.15) is 4.98 Å². The van der Waals surface area contributed by atoms with Crippen LogP contribution in [0, 0.1) is 0 Å². The molecule has 3 rings (SSSR count). The van der Waals surface area contributed by atoms with Gasteiger partial charge in [0.05, 0.1) is 12.5 Å². The van der Waals surface area contributed by atoms with Crippen molar-refractivity contribution in [1.29, 1.82) is 0 Å². The Balaban J connectivity index is 1.67. The molecule has 0 fully saturated rings. The molecule has 112 valence electrons. The Labute approximate surface area is 124 Å². The summed E-state index contributed by atoms with van der Waals surface area (Å²) in [4.78, 5) is 4.53. The van der Waals surface area contributed by atoms with Crippen LogP contribution in [0.2, 0.25) is 0 Å². The first-order valence-corrected chi connectivity index (χ1v) is 7.52. The molecule has 0 radical (unpaired) electrons. The molecule has 5 heteroatoms. The summed E-state index contributed by atoms with van der Waals surface area (Å²) in [5.41, 5.74) is 1.21. The second kappa shape index (κ2) is 6.26. The van der Waals surface area contributed by atoms with Crippen LogP contribution in [0.5, 0.6) is 5.75 Å². The highest BCUT2D eigenvalue weighted by atomic mass is 16.5. The fraction of sp³-hybridized carbons (Fsp3) is 0.500. The van der Waals surface area contributed by atoms with Gasteiger partial charge in [0.1, 0.15) is 5.75 Å². The minimum absolute atomic E-state index is 0.173. The molecule has 0 saturated heterocycles. The quantitative estimate of drug-likeness (QED) is 0.914. The molecule has 21 heavy (non-hydrogen) atoms. The summed E-state index contributed by atoms with van der Waals surface area (Å²) in [7, 11) is 0. The fourth-order valence-electron chi connectivity index (χ4n) is 2.69. The highest BCUT2D eigenvalue weighted by Crippen LogP contribution is 2.30. The van der Waals surface area contributed by atoms with Crippen LogP contribution in [-0.2, 0) is 12.8 Å². The predicted octanol–water partition coefficient (Wildman–Crippen LogP) is 2.33. The second-order valence-corrected chi connectivity index (χ2v) is 5.53. The molecule has 0 aliphatic carbocycles. The number of rotatable bonds is 5. The van der Waals surface area contributed by atoms with Crippen molar-refractivity contribution in [3.05, 3.63) is 41.5 Å². The molecular weight excluding hydrogens is 266 g/mol. The normalized spacial score (nSPS) is 18.9. The molecule has 5 nitrogen and oxygen atoms in total. The molecule has 2 unspecified atom stereocenters. The molecular formula is C16H21N3O2. The van der Waals surface area contributed by atoms with Gasteiger partial charge in [-0.3, -0.25) is 0 Å². The van der Waals surface area contributed by atoms with Gasteiger partial charge in [0.2, 0.25) is 5.89 Å². The highest BCUT2D eigenvalue weighted by molar-refractivity contribution is 5.36. The van der Waals surface area contributed by atoms with Crippen LogP contribution >= 0.6 is 0 Å². The van der Waals surface area contributed by atoms with E-state index in [1.807, 2.05) is 18.2 Å². The van der Waals surface area contributed by atoms with Gasteiger partial charge in [0, 0.05) is 12.5 Å². The topological polar surface area (TPSA) is 60.2 Å². The SMILES string of the molecule is CCNC(C)Cc1nc(C2COc3ccccc3C2)no1. The minimum Gasteiger partial charge on any atom is -0.493 e. The molecule has 0 spiro atoms. The molecule has 1 aliphatic rings. The smallest absolute Gasteiger partial charge is 0.228 e. The van der Waals surface area contributed by atoms with E-state index >= 15 is 0 Å². The van der Waals surface area contributed by atoms with Crippen LogP contribution in [0.4, 0.5) is 0 Å². The van der Waals surface area contributed by atoms with E-state index < -0.39 is 0 Å². The summed E-state index contributed by atoms with van der Waals surface area (Å²) in [6, 6.07) is 8.46. The van der Waals surface area contributed by atoms with Crippen LogP contribution in [0.1, 0.15) is 37.0 Å². The average molecular weight is 287 g/mol. The Morgan fingerprint density at radius 1 is 1.38 bits per heavy atom. The predicted molar refractivity (Wildman–Crippen MR) is 79.5 cm³/mol. The number of hydrogen-bond acceptors (Lipinski definition) is 5. The lowest BCUT2D eigenvalue weighted by Gasteiger charge is -2.22. The standard InChI is InChI=1S/C16H21N3O2/c1-3-17-11(2)8-15-18-16(19-21-15)13-9-12-6-4-5-7-14(12)20-10-13/h4-7,11,13,17H,3,8-10H2,1-2H3. The monoisotopic (exact) mass is 287 g/mol. The van der Waals surface area contributed by atoms with Crippen LogP contribution in [0.15, 0.2) is 28.8 Å². The third-order valence-electron chi connectivity index (χ3n) is 3.76. The van der Waals surface area contributed by atoms with E-state index in [1.165, 1.54) is 5.56 Å². The van der Waals surface area contributed by atoms with Crippen molar-refractivity contribution in [1.82, 2.24) is 15.5 Å². The van der Waals surface area contributed by atoms with E-state index in [9.17, 15) is 0 Å². The largest absolute Gasteiger partial charge is 0.493 e. The highest BCUT2D eigenvalue weighted by Gasteiger charge is 2.25. The molecule has 1 aliphatic heterocycles. The zero-order valence-corrected chi connectivity index (χ0v) is 12.5. The molecule has 1 N–H and O–H groups in total. The lowest BCUT2D eigenvalue weighted by atomic mass is 9.96. The van der Waals surface area contributed by atoms with Crippen molar-refractivity contribution in [2.45, 2.75) is 38.6 Å². The van der Waals surface area contributed by atoms with E-state index in [0.717, 1.165) is 31.0 Å². The van der Waals surface area contributed by atoms with Gasteiger partial charge in [-0.25, -0.2) is 0 Å². The van der Waals surface area contributed by atoms with Crippen molar-refractivity contribution in [2.24, 2.45) is 0 Å². The molecule has 2 aromatic rings. The molecule has 2 heterocycles. The first-order chi connectivity index (χ1) is 10.3. The number of ether oxygens (including phenoxy) is 1. The van der Waals surface area contributed by atoms with Crippen molar-refractivity contribution >= 4 is 0 Å².